The monoisotopic (exact) mass is 367 g/mol. The predicted molar refractivity (Wildman–Crippen MR) is 104 cm³/mol. The third kappa shape index (κ3) is 4.26. The van der Waals surface area contributed by atoms with Gasteiger partial charge in [0.1, 0.15) is 5.01 Å². The highest BCUT2D eigenvalue weighted by atomic mass is 32.1. The number of benzene rings is 2. The van der Waals surface area contributed by atoms with Crippen LogP contribution in [-0.4, -0.2) is 35.3 Å². The summed E-state index contributed by atoms with van der Waals surface area (Å²) in [5, 5.41) is 3.58. The van der Waals surface area contributed by atoms with E-state index in [9.17, 15) is 9.59 Å². The van der Waals surface area contributed by atoms with Crippen molar-refractivity contribution in [2.75, 3.05) is 13.6 Å². The third-order valence-corrected chi connectivity index (χ3v) is 5.49. The minimum Gasteiger partial charge on any atom is -0.347 e. The first kappa shape index (κ1) is 18.1. The van der Waals surface area contributed by atoms with Crippen molar-refractivity contribution in [3.8, 4) is 0 Å². The number of likely N-dealkylation sites (N-methyl/N-ethyl adjacent to an activating group) is 1. The minimum atomic E-state index is -0.161. The van der Waals surface area contributed by atoms with Gasteiger partial charge in [-0.05, 0) is 24.6 Å². The number of amides is 2. The molecule has 1 atom stereocenters. The Labute approximate surface area is 156 Å². The molecule has 2 amide bonds. The molecule has 0 aliphatic rings. The lowest BCUT2D eigenvalue weighted by molar-refractivity contribution is -0.133. The Morgan fingerprint density at radius 1 is 1.12 bits per heavy atom. The molecule has 1 heterocycles. The quantitative estimate of drug-likeness (QED) is 0.728. The second-order valence-corrected chi connectivity index (χ2v) is 7.20. The highest BCUT2D eigenvalue weighted by Gasteiger charge is 2.21. The smallest absolute Gasteiger partial charge is 0.242 e. The fraction of sp³-hybridized carbons (Fsp3) is 0.250. The van der Waals surface area contributed by atoms with E-state index in [-0.39, 0.29) is 30.8 Å². The van der Waals surface area contributed by atoms with Crippen LogP contribution < -0.4 is 5.32 Å². The van der Waals surface area contributed by atoms with Crippen molar-refractivity contribution < 1.29 is 9.59 Å². The van der Waals surface area contributed by atoms with Crippen molar-refractivity contribution in [3.63, 3.8) is 0 Å². The second kappa shape index (κ2) is 8.10. The summed E-state index contributed by atoms with van der Waals surface area (Å²) in [5.74, 6) is -0.302. The molecule has 5 nitrogen and oxygen atoms in total. The average Bonchev–Trinajstić information content (AvgIpc) is 3.10. The van der Waals surface area contributed by atoms with Gasteiger partial charge in [0.05, 0.1) is 29.2 Å². The number of rotatable bonds is 6. The summed E-state index contributed by atoms with van der Waals surface area (Å²) >= 11 is 1.58. The van der Waals surface area contributed by atoms with Crippen LogP contribution in [0, 0.1) is 0 Å². The molecule has 0 aliphatic carbocycles. The first-order valence-corrected chi connectivity index (χ1v) is 9.28. The van der Waals surface area contributed by atoms with Gasteiger partial charge in [-0.15, -0.1) is 11.3 Å². The first-order valence-electron chi connectivity index (χ1n) is 8.46. The summed E-state index contributed by atoms with van der Waals surface area (Å²) in [5.41, 5.74) is 1.87. The van der Waals surface area contributed by atoms with Crippen LogP contribution in [0.1, 0.15) is 23.5 Å². The van der Waals surface area contributed by atoms with Crippen LogP contribution in [0.3, 0.4) is 0 Å². The molecule has 1 aromatic heterocycles. The normalized spacial score (nSPS) is 11.9. The maximum absolute atomic E-state index is 12.4. The van der Waals surface area contributed by atoms with Crippen molar-refractivity contribution in [1.29, 1.82) is 0 Å². The molecule has 0 saturated carbocycles. The van der Waals surface area contributed by atoms with Crippen LogP contribution in [0.2, 0.25) is 0 Å². The molecule has 0 radical (unpaired) electrons. The number of thiazole rings is 1. The Hall–Kier alpha value is -2.73. The van der Waals surface area contributed by atoms with E-state index >= 15 is 0 Å². The highest BCUT2D eigenvalue weighted by Crippen LogP contribution is 2.28. The Balaban J connectivity index is 1.56. The third-order valence-electron chi connectivity index (χ3n) is 4.29. The van der Waals surface area contributed by atoms with Gasteiger partial charge in [-0.3, -0.25) is 9.59 Å². The molecule has 0 spiro atoms. The van der Waals surface area contributed by atoms with Crippen molar-refractivity contribution in [1.82, 2.24) is 15.2 Å². The number of carbonyl (C=O) groups excluding carboxylic acids is 2. The van der Waals surface area contributed by atoms with Gasteiger partial charge in [0.15, 0.2) is 0 Å². The Morgan fingerprint density at radius 3 is 2.54 bits per heavy atom. The number of hydrogen-bond donors (Lipinski definition) is 1. The van der Waals surface area contributed by atoms with Gasteiger partial charge in [0, 0.05) is 7.05 Å². The van der Waals surface area contributed by atoms with Gasteiger partial charge in [-0.25, -0.2) is 4.98 Å². The van der Waals surface area contributed by atoms with Gasteiger partial charge < -0.3 is 10.2 Å². The van der Waals surface area contributed by atoms with E-state index in [0.29, 0.717) is 0 Å². The minimum absolute atomic E-state index is 0.0165. The molecule has 0 unspecified atom stereocenters. The van der Waals surface area contributed by atoms with Crippen LogP contribution >= 0.6 is 11.3 Å². The average molecular weight is 367 g/mol. The molecule has 0 fully saturated rings. The SMILES string of the molecule is C[C@H](c1nc2ccccc2s1)N(C)C(=O)CNC(=O)Cc1ccccc1. The van der Waals surface area contributed by atoms with E-state index < -0.39 is 0 Å². The van der Waals surface area contributed by atoms with Crippen molar-refractivity contribution in [2.24, 2.45) is 0 Å². The van der Waals surface area contributed by atoms with Crippen LogP contribution in [0.5, 0.6) is 0 Å². The Bertz CT molecular complexity index is 875. The molecule has 2 aromatic carbocycles. The van der Waals surface area contributed by atoms with Crippen LogP contribution in [0.15, 0.2) is 54.6 Å². The van der Waals surface area contributed by atoms with E-state index in [2.05, 4.69) is 10.3 Å². The van der Waals surface area contributed by atoms with Crippen LogP contribution in [-0.2, 0) is 16.0 Å². The molecule has 1 N–H and O–H groups in total. The van der Waals surface area contributed by atoms with Gasteiger partial charge >= 0.3 is 0 Å². The molecule has 0 saturated heterocycles. The summed E-state index contributed by atoms with van der Waals surface area (Å²) in [6.45, 7) is 1.93. The molecule has 0 bridgehead atoms. The number of para-hydroxylation sites is 1. The van der Waals surface area contributed by atoms with E-state index in [1.807, 2.05) is 61.5 Å². The highest BCUT2D eigenvalue weighted by molar-refractivity contribution is 7.18. The zero-order valence-corrected chi connectivity index (χ0v) is 15.6. The van der Waals surface area contributed by atoms with E-state index in [0.717, 1.165) is 20.8 Å². The fourth-order valence-corrected chi connectivity index (χ4v) is 3.66. The van der Waals surface area contributed by atoms with Crippen LogP contribution in [0.4, 0.5) is 0 Å². The number of fused-ring (bicyclic) bond motifs is 1. The van der Waals surface area contributed by atoms with E-state index in [4.69, 9.17) is 0 Å². The molecule has 3 rings (SSSR count). The van der Waals surface area contributed by atoms with Crippen molar-refractivity contribution >= 4 is 33.4 Å². The lowest BCUT2D eigenvalue weighted by Gasteiger charge is -2.23. The number of hydrogen-bond acceptors (Lipinski definition) is 4. The second-order valence-electron chi connectivity index (χ2n) is 6.14. The standard InChI is InChI=1S/C20H21N3O2S/c1-14(20-22-16-10-6-7-11-17(16)26-20)23(2)19(25)13-21-18(24)12-15-8-4-3-5-9-15/h3-11,14H,12-13H2,1-2H3,(H,21,24)/t14-/m1/s1. The molecule has 3 aromatic rings. The predicted octanol–water partition coefficient (Wildman–Crippen LogP) is 3.17. The molecule has 134 valence electrons. The summed E-state index contributed by atoms with van der Waals surface area (Å²) < 4.78 is 1.10. The Kier molecular flexibility index (Phi) is 5.63. The number of nitrogens with one attached hydrogen (secondary N) is 1. The summed E-state index contributed by atoms with van der Waals surface area (Å²) in [7, 11) is 1.74. The lowest BCUT2D eigenvalue weighted by atomic mass is 10.1. The van der Waals surface area contributed by atoms with Gasteiger partial charge in [0.25, 0.3) is 0 Å². The van der Waals surface area contributed by atoms with Gasteiger partial charge in [0.2, 0.25) is 11.8 Å². The number of aromatic nitrogens is 1. The van der Waals surface area contributed by atoms with Gasteiger partial charge in [-0.2, -0.15) is 0 Å². The number of nitrogens with zero attached hydrogens (tertiary/aromatic N) is 2. The molecule has 6 heteroatoms. The summed E-state index contributed by atoms with van der Waals surface area (Å²) in [6, 6.07) is 17.2. The molecular formula is C20H21N3O2S. The molecule has 26 heavy (non-hydrogen) atoms. The lowest BCUT2D eigenvalue weighted by Crippen LogP contribution is -2.39. The maximum Gasteiger partial charge on any atom is 0.242 e. The van der Waals surface area contributed by atoms with Crippen LogP contribution in [0.25, 0.3) is 10.2 Å². The van der Waals surface area contributed by atoms with Crippen molar-refractivity contribution in [3.05, 3.63) is 65.2 Å². The summed E-state index contributed by atoms with van der Waals surface area (Å²) in [6.07, 6.45) is 0.269. The van der Waals surface area contributed by atoms with E-state index in [1.54, 1.807) is 23.3 Å². The molecular weight excluding hydrogens is 346 g/mol. The van der Waals surface area contributed by atoms with Crippen molar-refractivity contribution in [2.45, 2.75) is 19.4 Å². The fourth-order valence-electron chi connectivity index (χ4n) is 2.59. The zero-order chi connectivity index (χ0) is 18.5. The first-order chi connectivity index (χ1) is 12.5. The zero-order valence-electron chi connectivity index (χ0n) is 14.8. The maximum atomic E-state index is 12.4. The topological polar surface area (TPSA) is 62.3 Å². The number of carbonyl (C=O) groups is 2. The van der Waals surface area contributed by atoms with Gasteiger partial charge in [-0.1, -0.05) is 42.5 Å². The Morgan fingerprint density at radius 2 is 1.81 bits per heavy atom. The largest absolute Gasteiger partial charge is 0.347 e. The molecule has 0 aliphatic heterocycles. The summed E-state index contributed by atoms with van der Waals surface area (Å²) in [4.78, 5) is 30.7. The van der Waals surface area contributed by atoms with E-state index in [1.165, 1.54) is 0 Å².